The molecule has 0 aliphatic carbocycles. The number of nitrogens with one attached hydrogen (secondary N) is 1. The Kier molecular flexibility index (Phi) is 7.15. The molecule has 1 heteroatoms. The molecule has 0 radical (unpaired) electrons. The van der Waals surface area contributed by atoms with Crippen molar-refractivity contribution >= 4 is 0 Å². The summed E-state index contributed by atoms with van der Waals surface area (Å²) in [6.45, 7) is 12.4. The highest BCUT2D eigenvalue weighted by Crippen LogP contribution is 2.14. The third kappa shape index (κ3) is 6.24. The van der Waals surface area contributed by atoms with Crippen molar-refractivity contribution in [1.82, 2.24) is 5.32 Å². The predicted octanol–water partition coefficient (Wildman–Crippen LogP) is 4.65. The van der Waals surface area contributed by atoms with Crippen molar-refractivity contribution in [3.8, 4) is 0 Å². The zero-order chi connectivity index (χ0) is 14.3. The Morgan fingerprint density at radius 1 is 1.05 bits per heavy atom. The smallest absolute Gasteiger partial charge is 0.00901 e. The first-order valence-corrected chi connectivity index (χ1v) is 7.83. The molecular weight excluding hydrogens is 230 g/mol. The van der Waals surface area contributed by atoms with Gasteiger partial charge in [-0.05, 0) is 57.6 Å². The van der Waals surface area contributed by atoms with Crippen LogP contribution in [0.3, 0.4) is 0 Å². The molecule has 0 heterocycles. The van der Waals surface area contributed by atoms with Gasteiger partial charge in [0.1, 0.15) is 0 Å². The van der Waals surface area contributed by atoms with Crippen LogP contribution in [0.15, 0.2) is 18.2 Å². The van der Waals surface area contributed by atoms with Crippen molar-refractivity contribution in [2.75, 3.05) is 6.54 Å². The molecule has 1 nitrogen and oxygen atoms in total. The van der Waals surface area contributed by atoms with Gasteiger partial charge >= 0.3 is 0 Å². The van der Waals surface area contributed by atoms with Crippen LogP contribution in [0, 0.1) is 19.8 Å². The standard InChI is InChI=1S/C18H31N/c1-6-10-19-18(14(2)3)9-7-8-17-12-15(4)11-16(5)13-17/h11-14,18-19H,6-10H2,1-5H3. The highest BCUT2D eigenvalue weighted by molar-refractivity contribution is 5.28. The monoisotopic (exact) mass is 261 g/mol. The van der Waals surface area contributed by atoms with Crippen LogP contribution in [0.2, 0.25) is 0 Å². The average Bonchev–Trinajstić information content (AvgIpc) is 2.31. The van der Waals surface area contributed by atoms with E-state index in [9.17, 15) is 0 Å². The number of aryl methyl sites for hydroxylation is 3. The molecule has 108 valence electrons. The molecule has 0 bridgehead atoms. The average molecular weight is 261 g/mol. The zero-order valence-corrected chi connectivity index (χ0v) is 13.4. The molecular formula is C18H31N. The summed E-state index contributed by atoms with van der Waals surface area (Å²) in [7, 11) is 0. The van der Waals surface area contributed by atoms with E-state index in [-0.39, 0.29) is 0 Å². The van der Waals surface area contributed by atoms with E-state index in [0.717, 1.165) is 12.5 Å². The molecule has 0 aliphatic rings. The molecule has 0 saturated heterocycles. The third-order valence-corrected chi connectivity index (χ3v) is 3.72. The second kappa shape index (κ2) is 8.37. The normalized spacial score (nSPS) is 12.9. The SMILES string of the molecule is CCCNC(CCCc1cc(C)cc(C)c1)C(C)C. The Labute approximate surface area is 119 Å². The van der Waals surface area contributed by atoms with Crippen molar-refractivity contribution < 1.29 is 0 Å². The van der Waals surface area contributed by atoms with Crippen LogP contribution < -0.4 is 5.32 Å². The van der Waals surface area contributed by atoms with E-state index in [0.29, 0.717) is 6.04 Å². The Bertz CT molecular complexity index is 348. The molecule has 0 fully saturated rings. The quantitative estimate of drug-likeness (QED) is 0.718. The molecule has 0 saturated carbocycles. The Morgan fingerprint density at radius 3 is 2.21 bits per heavy atom. The lowest BCUT2D eigenvalue weighted by atomic mass is 9.95. The molecule has 0 spiro atoms. The summed E-state index contributed by atoms with van der Waals surface area (Å²) in [5, 5.41) is 3.68. The van der Waals surface area contributed by atoms with Gasteiger partial charge < -0.3 is 5.32 Å². The molecule has 1 unspecified atom stereocenters. The maximum absolute atomic E-state index is 3.68. The fourth-order valence-electron chi connectivity index (χ4n) is 2.74. The lowest BCUT2D eigenvalue weighted by Crippen LogP contribution is -2.34. The number of hydrogen-bond donors (Lipinski definition) is 1. The van der Waals surface area contributed by atoms with Gasteiger partial charge in [0.15, 0.2) is 0 Å². The lowest BCUT2D eigenvalue weighted by Gasteiger charge is -2.22. The molecule has 1 aromatic carbocycles. The number of benzene rings is 1. The first kappa shape index (κ1) is 16.2. The minimum Gasteiger partial charge on any atom is -0.314 e. The minimum absolute atomic E-state index is 0.672. The van der Waals surface area contributed by atoms with Crippen LogP contribution in [0.25, 0.3) is 0 Å². The second-order valence-corrected chi connectivity index (χ2v) is 6.19. The zero-order valence-electron chi connectivity index (χ0n) is 13.4. The topological polar surface area (TPSA) is 12.0 Å². The molecule has 1 aromatic rings. The summed E-state index contributed by atoms with van der Waals surface area (Å²) in [5.41, 5.74) is 4.27. The van der Waals surface area contributed by atoms with Crippen molar-refractivity contribution in [2.24, 2.45) is 5.92 Å². The van der Waals surface area contributed by atoms with E-state index in [2.05, 4.69) is 58.1 Å². The van der Waals surface area contributed by atoms with E-state index in [1.165, 1.54) is 42.4 Å². The first-order valence-electron chi connectivity index (χ1n) is 7.83. The van der Waals surface area contributed by atoms with Gasteiger partial charge in [-0.1, -0.05) is 50.1 Å². The van der Waals surface area contributed by atoms with Crippen molar-refractivity contribution in [2.45, 2.75) is 66.3 Å². The highest BCUT2D eigenvalue weighted by atomic mass is 14.9. The number of rotatable bonds is 8. The molecule has 19 heavy (non-hydrogen) atoms. The summed E-state index contributed by atoms with van der Waals surface area (Å²) >= 11 is 0. The van der Waals surface area contributed by atoms with Crippen molar-refractivity contribution in [1.29, 1.82) is 0 Å². The van der Waals surface area contributed by atoms with Gasteiger partial charge in [-0.25, -0.2) is 0 Å². The molecule has 1 rings (SSSR count). The van der Waals surface area contributed by atoms with Crippen molar-refractivity contribution in [3.63, 3.8) is 0 Å². The van der Waals surface area contributed by atoms with Crippen LogP contribution >= 0.6 is 0 Å². The van der Waals surface area contributed by atoms with E-state index < -0.39 is 0 Å². The Hall–Kier alpha value is -0.820. The Balaban J connectivity index is 2.42. The van der Waals surface area contributed by atoms with E-state index >= 15 is 0 Å². The van der Waals surface area contributed by atoms with Gasteiger partial charge in [0.05, 0.1) is 0 Å². The van der Waals surface area contributed by atoms with Crippen LogP contribution in [0.4, 0.5) is 0 Å². The fraction of sp³-hybridized carbons (Fsp3) is 0.667. The highest BCUT2D eigenvalue weighted by Gasteiger charge is 2.11. The second-order valence-electron chi connectivity index (χ2n) is 6.19. The van der Waals surface area contributed by atoms with Crippen LogP contribution in [-0.2, 0) is 6.42 Å². The molecule has 0 aromatic heterocycles. The first-order chi connectivity index (χ1) is 9.02. The fourth-order valence-corrected chi connectivity index (χ4v) is 2.74. The van der Waals surface area contributed by atoms with Gasteiger partial charge in [-0.2, -0.15) is 0 Å². The van der Waals surface area contributed by atoms with Crippen molar-refractivity contribution in [3.05, 3.63) is 34.9 Å². The van der Waals surface area contributed by atoms with Gasteiger partial charge in [0.2, 0.25) is 0 Å². The molecule has 0 aliphatic heterocycles. The minimum atomic E-state index is 0.672. The predicted molar refractivity (Wildman–Crippen MR) is 85.8 cm³/mol. The Morgan fingerprint density at radius 2 is 1.68 bits per heavy atom. The summed E-state index contributed by atoms with van der Waals surface area (Å²) in [5.74, 6) is 0.728. The van der Waals surface area contributed by atoms with Gasteiger partial charge in [0.25, 0.3) is 0 Å². The van der Waals surface area contributed by atoms with E-state index in [1.54, 1.807) is 0 Å². The van der Waals surface area contributed by atoms with Gasteiger partial charge in [-0.15, -0.1) is 0 Å². The van der Waals surface area contributed by atoms with E-state index in [1.807, 2.05) is 0 Å². The third-order valence-electron chi connectivity index (χ3n) is 3.72. The van der Waals surface area contributed by atoms with E-state index in [4.69, 9.17) is 0 Å². The largest absolute Gasteiger partial charge is 0.314 e. The molecule has 0 amide bonds. The van der Waals surface area contributed by atoms with Crippen LogP contribution in [-0.4, -0.2) is 12.6 Å². The maximum Gasteiger partial charge on any atom is 0.00901 e. The summed E-state index contributed by atoms with van der Waals surface area (Å²) < 4.78 is 0. The van der Waals surface area contributed by atoms with Gasteiger partial charge in [-0.3, -0.25) is 0 Å². The summed E-state index contributed by atoms with van der Waals surface area (Å²) in [6, 6.07) is 7.59. The maximum atomic E-state index is 3.68. The van der Waals surface area contributed by atoms with Gasteiger partial charge in [0, 0.05) is 6.04 Å². The summed E-state index contributed by atoms with van der Waals surface area (Å²) in [4.78, 5) is 0. The molecule has 1 atom stereocenters. The molecule has 1 N–H and O–H groups in total. The van der Waals surface area contributed by atoms with Crippen LogP contribution in [0.1, 0.15) is 56.7 Å². The number of hydrogen-bond acceptors (Lipinski definition) is 1. The lowest BCUT2D eigenvalue weighted by molar-refractivity contribution is 0.370. The summed E-state index contributed by atoms with van der Waals surface area (Å²) in [6.07, 6.45) is 4.99. The van der Waals surface area contributed by atoms with Crippen LogP contribution in [0.5, 0.6) is 0 Å².